The second kappa shape index (κ2) is 6.83. The Hall–Kier alpha value is -1.72. The van der Waals surface area contributed by atoms with Crippen LogP contribution in [0.4, 0.5) is 4.39 Å². The Balaban J connectivity index is 2.33. The van der Waals surface area contributed by atoms with Gasteiger partial charge >= 0.3 is 5.97 Å². The van der Waals surface area contributed by atoms with Crippen molar-refractivity contribution in [3.63, 3.8) is 0 Å². The minimum absolute atomic E-state index is 0.0462. The fraction of sp³-hybridized carbons (Fsp3) is 0.438. The molecule has 21 heavy (non-hydrogen) atoms. The van der Waals surface area contributed by atoms with Crippen LogP contribution in [0.1, 0.15) is 24.0 Å². The van der Waals surface area contributed by atoms with Crippen LogP contribution in [-0.4, -0.2) is 31.6 Å². The average molecular weight is 294 g/mol. The van der Waals surface area contributed by atoms with Crippen LogP contribution in [0.3, 0.4) is 0 Å². The van der Waals surface area contributed by atoms with Gasteiger partial charge in [0.05, 0.1) is 7.11 Å². The van der Waals surface area contributed by atoms with E-state index in [9.17, 15) is 14.3 Å². The lowest BCUT2D eigenvalue weighted by Gasteiger charge is -2.24. The number of aryl methyl sites for hydroxylation is 1. The van der Waals surface area contributed by atoms with E-state index in [0.717, 1.165) is 11.1 Å². The predicted molar refractivity (Wildman–Crippen MR) is 75.9 cm³/mol. The van der Waals surface area contributed by atoms with E-state index in [1.165, 1.54) is 14.2 Å². The smallest absolute Gasteiger partial charge is 0.314 e. The van der Waals surface area contributed by atoms with Crippen LogP contribution >= 0.6 is 0 Å². The van der Waals surface area contributed by atoms with Crippen LogP contribution in [0.25, 0.3) is 5.57 Å². The van der Waals surface area contributed by atoms with Gasteiger partial charge in [0.2, 0.25) is 0 Å². The Morgan fingerprint density at radius 2 is 2.05 bits per heavy atom. The van der Waals surface area contributed by atoms with E-state index in [-0.39, 0.29) is 12.2 Å². The van der Waals surface area contributed by atoms with Crippen molar-refractivity contribution in [3.8, 4) is 0 Å². The fourth-order valence-corrected chi connectivity index (χ4v) is 2.63. The van der Waals surface area contributed by atoms with Crippen LogP contribution in [0.2, 0.25) is 0 Å². The van der Waals surface area contributed by atoms with E-state index >= 15 is 0 Å². The minimum atomic E-state index is -1.33. The molecule has 1 aromatic rings. The maximum Gasteiger partial charge on any atom is 0.314 e. The Morgan fingerprint density at radius 3 is 2.71 bits per heavy atom. The highest BCUT2D eigenvalue weighted by atomic mass is 19.1. The molecular formula is C16H19FO4. The van der Waals surface area contributed by atoms with Crippen molar-refractivity contribution in [1.29, 1.82) is 0 Å². The maximum atomic E-state index is 14.2. The van der Waals surface area contributed by atoms with Crippen molar-refractivity contribution < 1.29 is 23.8 Å². The first-order valence-corrected chi connectivity index (χ1v) is 6.83. The van der Waals surface area contributed by atoms with Gasteiger partial charge in [-0.25, -0.2) is 4.39 Å². The Labute approximate surface area is 123 Å². The third kappa shape index (κ3) is 3.31. The van der Waals surface area contributed by atoms with Gasteiger partial charge < -0.3 is 14.6 Å². The quantitative estimate of drug-likeness (QED) is 0.669. The summed E-state index contributed by atoms with van der Waals surface area (Å²) in [6.07, 6.45) is -0.332. The van der Waals surface area contributed by atoms with E-state index in [0.29, 0.717) is 18.4 Å². The van der Waals surface area contributed by atoms with Gasteiger partial charge in [-0.05, 0) is 29.5 Å². The number of hydrogen-bond donors (Lipinski definition) is 1. The number of halogens is 1. The van der Waals surface area contributed by atoms with Crippen LogP contribution in [-0.2, 0) is 20.7 Å². The average Bonchev–Trinajstić information content (AvgIpc) is 2.52. The first kappa shape index (κ1) is 15.7. The fourth-order valence-electron chi connectivity index (χ4n) is 2.63. The summed E-state index contributed by atoms with van der Waals surface area (Å²) in [5.74, 6) is -1.81. The summed E-state index contributed by atoms with van der Waals surface area (Å²) in [5.41, 5.74) is 2.28. The van der Waals surface area contributed by atoms with Crippen molar-refractivity contribution in [3.05, 3.63) is 41.2 Å². The molecule has 5 heteroatoms. The molecule has 1 N–H and O–H groups in total. The Morgan fingerprint density at radius 1 is 1.33 bits per heavy atom. The molecule has 1 aliphatic carbocycles. The number of hydrogen-bond acceptors (Lipinski definition) is 4. The summed E-state index contributed by atoms with van der Waals surface area (Å²) in [6.45, 7) is 0. The van der Waals surface area contributed by atoms with Crippen LogP contribution in [0.5, 0.6) is 0 Å². The largest absolute Gasteiger partial charge is 0.469 e. The first-order chi connectivity index (χ1) is 10.1. The summed E-state index contributed by atoms with van der Waals surface area (Å²) < 4.78 is 23.7. The summed E-state index contributed by atoms with van der Waals surface area (Å²) in [6, 6.07) is 7.51. The molecule has 1 aliphatic rings. The van der Waals surface area contributed by atoms with Crippen molar-refractivity contribution >= 4 is 11.5 Å². The van der Waals surface area contributed by atoms with Gasteiger partial charge in [-0.15, -0.1) is 0 Å². The number of fused-ring (bicyclic) bond motifs is 1. The minimum Gasteiger partial charge on any atom is -0.469 e. The summed E-state index contributed by atoms with van der Waals surface area (Å²) in [5, 5.41) is 9.82. The van der Waals surface area contributed by atoms with Gasteiger partial charge in [0.1, 0.15) is 11.7 Å². The van der Waals surface area contributed by atoms with E-state index in [1.54, 1.807) is 0 Å². The van der Waals surface area contributed by atoms with Gasteiger partial charge in [-0.2, -0.15) is 0 Å². The lowest BCUT2D eigenvalue weighted by atomic mass is 9.85. The van der Waals surface area contributed by atoms with Crippen LogP contribution in [0.15, 0.2) is 30.1 Å². The van der Waals surface area contributed by atoms with Gasteiger partial charge in [-0.1, -0.05) is 24.3 Å². The van der Waals surface area contributed by atoms with Crippen molar-refractivity contribution in [2.45, 2.75) is 25.6 Å². The number of methoxy groups -OCH3 is 2. The third-order valence-corrected chi connectivity index (χ3v) is 3.80. The predicted octanol–water partition coefficient (Wildman–Crippen LogP) is 2.46. The molecule has 0 aromatic heterocycles. The number of ether oxygens (including phenoxy) is 2. The second-order valence-corrected chi connectivity index (χ2v) is 5.00. The number of rotatable bonds is 5. The molecule has 0 amide bonds. The van der Waals surface area contributed by atoms with Crippen molar-refractivity contribution in [2.24, 2.45) is 5.92 Å². The highest BCUT2D eigenvalue weighted by molar-refractivity contribution is 5.79. The van der Waals surface area contributed by atoms with E-state index in [2.05, 4.69) is 4.74 Å². The number of esters is 1. The normalized spacial score (nSPS) is 17.1. The van der Waals surface area contributed by atoms with E-state index in [4.69, 9.17) is 4.74 Å². The molecular weight excluding hydrogens is 275 g/mol. The molecule has 2 atom stereocenters. The molecule has 0 radical (unpaired) electrons. The van der Waals surface area contributed by atoms with Gasteiger partial charge in [0.15, 0.2) is 6.29 Å². The van der Waals surface area contributed by atoms with Crippen LogP contribution < -0.4 is 0 Å². The monoisotopic (exact) mass is 294 g/mol. The van der Waals surface area contributed by atoms with Crippen LogP contribution in [0, 0.1) is 5.92 Å². The Kier molecular flexibility index (Phi) is 5.09. The second-order valence-electron chi connectivity index (χ2n) is 5.00. The number of aliphatic hydroxyl groups is 1. The van der Waals surface area contributed by atoms with Gasteiger partial charge in [0.25, 0.3) is 0 Å². The lowest BCUT2D eigenvalue weighted by Crippen LogP contribution is -2.31. The number of carbonyl (C=O) groups excluding carboxylic acids is 1. The molecule has 2 rings (SSSR count). The molecule has 0 spiro atoms. The highest BCUT2D eigenvalue weighted by Crippen LogP contribution is 2.36. The van der Waals surface area contributed by atoms with E-state index < -0.39 is 18.2 Å². The van der Waals surface area contributed by atoms with E-state index in [1.807, 2.05) is 24.3 Å². The highest BCUT2D eigenvalue weighted by Gasteiger charge is 2.31. The molecule has 114 valence electrons. The molecule has 0 fully saturated rings. The number of allylic oxidation sites excluding steroid dienone is 2. The molecule has 0 aliphatic heterocycles. The topological polar surface area (TPSA) is 55.8 Å². The number of aliphatic hydroxyl groups excluding tert-OH is 1. The molecule has 0 bridgehead atoms. The standard InChI is InChI=1S/C16H19FO4/c1-20-15(18)13(16(19)21-2)9-12-11-6-4-3-5-10(11)7-8-14(12)17/h3-6,13,15,18H,7-9H2,1-2H3. The molecule has 0 saturated carbocycles. The molecule has 4 nitrogen and oxygen atoms in total. The third-order valence-electron chi connectivity index (χ3n) is 3.80. The number of benzene rings is 1. The molecule has 2 unspecified atom stereocenters. The zero-order valence-corrected chi connectivity index (χ0v) is 12.1. The SMILES string of the molecule is COC(=O)C(CC1=C(F)CCc2ccccc21)C(O)OC. The lowest BCUT2D eigenvalue weighted by molar-refractivity contribution is -0.166. The Bertz CT molecular complexity index is 553. The number of carbonyl (C=O) groups is 1. The van der Waals surface area contributed by atoms with Gasteiger partial charge in [0, 0.05) is 13.5 Å². The first-order valence-electron chi connectivity index (χ1n) is 6.83. The van der Waals surface area contributed by atoms with Crippen molar-refractivity contribution in [2.75, 3.05) is 14.2 Å². The molecule has 0 heterocycles. The molecule has 1 aromatic carbocycles. The van der Waals surface area contributed by atoms with Gasteiger partial charge in [-0.3, -0.25) is 4.79 Å². The summed E-state index contributed by atoms with van der Waals surface area (Å²) in [7, 11) is 2.53. The zero-order valence-electron chi connectivity index (χ0n) is 12.1. The summed E-state index contributed by atoms with van der Waals surface area (Å²) in [4.78, 5) is 11.8. The van der Waals surface area contributed by atoms with Crippen molar-refractivity contribution in [1.82, 2.24) is 0 Å². The summed E-state index contributed by atoms with van der Waals surface area (Å²) >= 11 is 0. The maximum absolute atomic E-state index is 14.2. The zero-order chi connectivity index (χ0) is 15.4. The molecule has 0 saturated heterocycles.